The van der Waals surface area contributed by atoms with E-state index in [2.05, 4.69) is 46.2 Å². The quantitative estimate of drug-likeness (QED) is 0.234. The predicted octanol–water partition coefficient (Wildman–Crippen LogP) is 3.90. The minimum Gasteiger partial charge on any atom is -0.379 e. The van der Waals surface area contributed by atoms with Crippen molar-refractivity contribution in [1.29, 1.82) is 0 Å². The number of anilines is 1. The molecule has 1 N–H and O–H groups in total. The van der Waals surface area contributed by atoms with Crippen LogP contribution < -0.4 is 10.2 Å². The van der Waals surface area contributed by atoms with Gasteiger partial charge in [-0.15, -0.1) is 24.0 Å². The van der Waals surface area contributed by atoms with Gasteiger partial charge in [-0.3, -0.25) is 0 Å². The zero-order valence-electron chi connectivity index (χ0n) is 18.1. The highest BCUT2D eigenvalue weighted by molar-refractivity contribution is 14.0. The maximum absolute atomic E-state index is 5.77. The third-order valence-corrected chi connectivity index (χ3v) is 5.47. The van der Waals surface area contributed by atoms with Crippen molar-refractivity contribution < 1.29 is 4.74 Å². The van der Waals surface area contributed by atoms with Crippen molar-refractivity contribution in [1.82, 2.24) is 15.2 Å². The summed E-state index contributed by atoms with van der Waals surface area (Å²) in [7, 11) is 2.08. The van der Waals surface area contributed by atoms with Crippen LogP contribution in [0.4, 0.5) is 5.82 Å². The summed E-state index contributed by atoms with van der Waals surface area (Å²) in [5, 5.41) is 3.40. The van der Waals surface area contributed by atoms with Gasteiger partial charge in [0, 0.05) is 46.0 Å². The van der Waals surface area contributed by atoms with Crippen LogP contribution in [0.5, 0.6) is 0 Å². The van der Waals surface area contributed by atoms with Gasteiger partial charge in [0.15, 0.2) is 5.96 Å². The summed E-state index contributed by atoms with van der Waals surface area (Å²) in [6, 6.07) is 4.28. The highest BCUT2D eigenvalue weighted by atomic mass is 127. The Morgan fingerprint density at radius 1 is 1.28 bits per heavy atom. The zero-order valence-corrected chi connectivity index (χ0v) is 20.4. The molecule has 0 bridgehead atoms. The maximum Gasteiger partial charge on any atom is 0.194 e. The minimum absolute atomic E-state index is 0. The molecule has 2 heterocycles. The molecule has 0 unspecified atom stereocenters. The van der Waals surface area contributed by atoms with Crippen LogP contribution in [0.15, 0.2) is 23.3 Å². The first-order chi connectivity index (χ1) is 13.8. The van der Waals surface area contributed by atoms with Crippen LogP contribution in [-0.4, -0.2) is 62.3 Å². The Morgan fingerprint density at radius 2 is 2.03 bits per heavy atom. The number of guanidine groups is 1. The molecule has 0 radical (unpaired) electrons. The summed E-state index contributed by atoms with van der Waals surface area (Å²) in [6.07, 6.45) is 9.81. The Bertz CT molecular complexity index is 615. The monoisotopic (exact) mass is 515 g/mol. The molecule has 1 aliphatic carbocycles. The van der Waals surface area contributed by atoms with Crippen LogP contribution in [0.2, 0.25) is 0 Å². The van der Waals surface area contributed by atoms with Gasteiger partial charge in [-0.05, 0) is 56.2 Å². The molecule has 2 fully saturated rings. The number of nitrogens with zero attached hydrogens (tertiary/aromatic N) is 4. The number of nitrogens with one attached hydrogen (secondary N) is 1. The fraction of sp³-hybridized carbons (Fsp3) is 0.727. The van der Waals surface area contributed by atoms with E-state index in [0.717, 1.165) is 57.1 Å². The number of likely N-dealkylation sites (N-methyl/N-ethyl adjacent to an activating group) is 1. The molecule has 1 saturated carbocycles. The maximum atomic E-state index is 5.77. The highest BCUT2D eigenvalue weighted by Gasteiger charge is 2.21. The molecule has 6 nitrogen and oxygen atoms in total. The van der Waals surface area contributed by atoms with E-state index in [1.807, 2.05) is 6.20 Å². The van der Waals surface area contributed by atoms with Crippen molar-refractivity contribution in [3.8, 4) is 0 Å². The SMILES string of the molecule is CCNC(=NCc1ccnc(N2CCCCCC2)c1)N(C)CCOCC1CC1.I. The Hall–Kier alpha value is -1.09. The van der Waals surface area contributed by atoms with Gasteiger partial charge in [-0.1, -0.05) is 12.8 Å². The van der Waals surface area contributed by atoms with Crippen molar-refractivity contribution in [3.63, 3.8) is 0 Å². The van der Waals surface area contributed by atoms with Crippen LogP contribution in [0, 0.1) is 5.92 Å². The number of halogens is 1. The van der Waals surface area contributed by atoms with E-state index in [1.165, 1.54) is 44.1 Å². The lowest BCUT2D eigenvalue weighted by Gasteiger charge is -2.23. The lowest BCUT2D eigenvalue weighted by molar-refractivity contribution is 0.115. The van der Waals surface area contributed by atoms with Crippen LogP contribution in [0.25, 0.3) is 0 Å². The second-order valence-electron chi connectivity index (χ2n) is 8.03. The summed E-state index contributed by atoms with van der Waals surface area (Å²) in [4.78, 5) is 14.0. The van der Waals surface area contributed by atoms with E-state index in [-0.39, 0.29) is 24.0 Å². The van der Waals surface area contributed by atoms with Crippen LogP contribution in [0.3, 0.4) is 0 Å². The predicted molar refractivity (Wildman–Crippen MR) is 131 cm³/mol. The molecule has 1 aromatic heterocycles. The van der Waals surface area contributed by atoms with Gasteiger partial charge < -0.3 is 19.9 Å². The lowest BCUT2D eigenvalue weighted by Crippen LogP contribution is -2.40. The van der Waals surface area contributed by atoms with Crippen LogP contribution in [0.1, 0.15) is 51.0 Å². The van der Waals surface area contributed by atoms with Crippen molar-refractivity contribution in [2.24, 2.45) is 10.9 Å². The third-order valence-electron chi connectivity index (χ3n) is 5.47. The van der Waals surface area contributed by atoms with Gasteiger partial charge in [0.1, 0.15) is 5.82 Å². The summed E-state index contributed by atoms with van der Waals surface area (Å²) in [6.45, 7) is 8.40. The first-order valence-electron chi connectivity index (χ1n) is 11.0. The number of hydrogen-bond donors (Lipinski definition) is 1. The number of aromatic nitrogens is 1. The van der Waals surface area contributed by atoms with Crippen molar-refractivity contribution in [3.05, 3.63) is 23.9 Å². The van der Waals surface area contributed by atoms with Gasteiger partial charge in [0.25, 0.3) is 0 Å². The summed E-state index contributed by atoms with van der Waals surface area (Å²) in [5.74, 6) is 2.85. The van der Waals surface area contributed by atoms with Gasteiger partial charge in [-0.25, -0.2) is 9.98 Å². The molecular weight excluding hydrogens is 477 g/mol. The topological polar surface area (TPSA) is 53.0 Å². The van der Waals surface area contributed by atoms with E-state index < -0.39 is 0 Å². The van der Waals surface area contributed by atoms with E-state index in [4.69, 9.17) is 9.73 Å². The van der Waals surface area contributed by atoms with Crippen molar-refractivity contribution in [2.45, 2.75) is 52.0 Å². The lowest BCUT2D eigenvalue weighted by atomic mass is 10.2. The number of pyridine rings is 1. The Labute approximate surface area is 193 Å². The molecule has 1 saturated heterocycles. The van der Waals surface area contributed by atoms with Gasteiger partial charge in [-0.2, -0.15) is 0 Å². The molecule has 164 valence electrons. The second kappa shape index (κ2) is 13.3. The summed E-state index contributed by atoms with van der Waals surface area (Å²) < 4.78 is 5.77. The van der Waals surface area contributed by atoms with Crippen molar-refractivity contribution >= 4 is 35.8 Å². The molecule has 1 aliphatic heterocycles. The van der Waals surface area contributed by atoms with Gasteiger partial charge >= 0.3 is 0 Å². The average molecular weight is 515 g/mol. The standard InChI is InChI=1S/C22H37N5O.HI/c1-3-23-22(26(2)14-15-28-18-19-8-9-19)25-17-20-10-11-24-21(16-20)27-12-6-4-5-7-13-27;/h10-11,16,19H,3-9,12-15,17-18H2,1-2H3,(H,23,25);1H. The average Bonchev–Trinajstić information content (AvgIpc) is 3.55. The molecular formula is C22H38IN5O. The molecule has 2 aliphatic rings. The molecule has 1 aromatic rings. The molecule has 3 rings (SSSR count). The smallest absolute Gasteiger partial charge is 0.194 e. The Balaban J connectivity index is 0.00000300. The second-order valence-corrected chi connectivity index (χ2v) is 8.03. The van der Waals surface area contributed by atoms with E-state index >= 15 is 0 Å². The fourth-order valence-electron chi connectivity index (χ4n) is 3.51. The zero-order chi connectivity index (χ0) is 19.6. The van der Waals surface area contributed by atoms with E-state index in [9.17, 15) is 0 Å². The molecule has 0 atom stereocenters. The van der Waals surface area contributed by atoms with E-state index in [0.29, 0.717) is 6.54 Å². The molecule has 7 heteroatoms. The number of hydrogen-bond acceptors (Lipinski definition) is 4. The number of rotatable bonds is 9. The van der Waals surface area contributed by atoms with E-state index in [1.54, 1.807) is 0 Å². The Morgan fingerprint density at radius 3 is 2.72 bits per heavy atom. The van der Waals surface area contributed by atoms with Crippen LogP contribution in [-0.2, 0) is 11.3 Å². The fourth-order valence-corrected chi connectivity index (χ4v) is 3.51. The molecule has 0 amide bonds. The largest absolute Gasteiger partial charge is 0.379 e. The third kappa shape index (κ3) is 8.66. The minimum atomic E-state index is 0. The number of ether oxygens (including phenoxy) is 1. The van der Waals surface area contributed by atoms with Gasteiger partial charge in [0.05, 0.1) is 13.2 Å². The van der Waals surface area contributed by atoms with Crippen molar-refractivity contribution in [2.75, 3.05) is 51.3 Å². The van der Waals surface area contributed by atoms with Gasteiger partial charge in [0.2, 0.25) is 0 Å². The molecule has 0 aromatic carbocycles. The summed E-state index contributed by atoms with van der Waals surface area (Å²) in [5.41, 5.74) is 1.21. The normalized spacial score (nSPS) is 17.4. The first-order valence-corrected chi connectivity index (χ1v) is 11.0. The van der Waals surface area contributed by atoms with Crippen LogP contribution >= 0.6 is 24.0 Å². The molecule has 0 spiro atoms. The Kier molecular flexibility index (Phi) is 11.1. The number of aliphatic imine (C=N–C) groups is 1. The highest BCUT2D eigenvalue weighted by Crippen LogP contribution is 2.28. The first kappa shape index (κ1) is 24.2. The summed E-state index contributed by atoms with van der Waals surface area (Å²) >= 11 is 0. The molecule has 29 heavy (non-hydrogen) atoms.